The molecule has 4 fully saturated rings. The Balaban J connectivity index is 0.000000195. The zero-order valence-corrected chi connectivity index (χ0v) is 35.4. The van der Waals surface area contributed by atoms with Gasteiger partial charge in [0.05, 0.1) is 33.7 Å². The maximum atomic E-state index is 13.6. The molecule has 9 nitrogen and oxygen atoms in total. The summed E-state index contributed by atoms with van der Waals surface area (Å²) in [6.45, 7) is 5.81. The molecular weight excluding hydrogens is 836 g/mol. The molecule has 1 aliphatic heterocycles. The van der Waals surface area contributed by atoms with Crippen LogP contribution < -0.4 is 0 Å². The standard InChI is InChI=1S/C27H30Cl2O6.C14H9Cl2N3S2/c1-15-11-19-18-7-6-16-12-17(30)8-9-24(16,2)26(18,29)21(31)13-25(19,3)27(15,22(32)14-28)35-23(33)20-5-4-10-34-20;15-9-1-2-10(11(16)5-9)13-7-20-14(21-13)12(6-17)19-4-3-18-8-19/h4-5,8-10,12,15,18-19,21,31H,6-7,11,13-14H2,1-3H3;1-5,8,13H,7H2/b;14-12+/t15-,18+,19+,21+,24+,25+,26+,27+;13-/m10/s1. The number of fused-ring (bicyclic) bond motifs is 5. The number of aliphatic hydroxyl groups excluding tert-OH is 1. The van der Waals surface area contributed by atoms with Gasteiger partial charge < -0.3 is 14.3 Å². The summed E-state index contributed by atoms with van der Waals surface area (Å²) < 4.78 is 14.1. The van der Waals surface area contributed by atoms with Crippen LogP contribution in [0.5, 0.6) is 0 Å². The van der Waals surface area contributed by atoms with E-state index >= 15 is 0 Å². The summed E-state index contributed by atoms with van der Waals surface area (Å²) in [4.78, 5) is 41.7. The minimum atomic E-state index is -1.53. The van der Waals surface area contributed by atoms with Crippen molar-refractivity contribution in [2.75, 3.05) is 11.6 Å². The second-order valence-electron chi connectivity index (χ2n) is 15.4. The van der Waals surface area contributed by atoms with Gasteiger partial charge in [0.25, 0.3) is 0 Å². The van der Waals surface area contributed by atoms with Crippen LogP contribution in [0.15, 0.2) is 87.8 Å². The highest BCUT2D eigenvalue weighted by atomic mass is 35.5. The van der Waals surface area contributed by atoms with Gasteiger partial charge in [0.2, 0.25) is 5.76 Å². The minimum absolute atomic E-state index is 0.00557. The average Bonchev–Trinajstić information content (AvgIpc) is 4.00. The van der Waals surface area contributed by atoms with Crippen molar-refractivity contribution < 1.29 is 28.6 Å². The van der Waals surface area contributed by atoms with E-state index < -0.39 is 33.4 Å². The number of carbonyl (C=O) groups excluding carboxylic acids is 3. The first-order valence-electron chi connectivity index (χ1n) is 18.2. The normalized spacial score (nSPS) is 35.2. The number of nitriles is 1. The Morgan fingerprint density at radius 2 is 2.00 bits per heavy atom. The maximum Gasteiger partial charge on any atom is 0.375 e. The van der Waals surface area contributed by atoms with Crippen LogP contribution in [-0.2, 0) is 14.3 Å². The van der Waals surface area contributed by atoms with Gasteiger partial charge in [0, 0.05) is 50.2 Å². The number of aliphatic hydroxyl groups is 1. The molecule has 0 unspecified atom stereocenters. The molecule has 4 aliphatic carbocycles. The number of benzene rings is 1. The Bertz CT molecular complexity index is 2190. The average molecular weight is 876 g/mol. The number of carbonyl (C=O) groups is 3. The van der Waals surface area contributed by atoms with Crippen LogP contribution >= 0.6 is 69.9 Å². The minimum Gasteiger partial charge on any atom is -0.457 e. The third kappa shape index (κ3) is 6.52. The van der Waals surface area contributed by atoms with Gasteiger partial charge in [-0.3, -0.25) is 14.2 Å². The smallest absolute Gasteiger partial charge is 0.375 e. The van der Waals surface area contributed by atoms with Gasteiger partial charge in [-0.05, 0) is 79.5 Å². The summed E-state index contributed by atoms with van der Waals surface area (Å²) in [6, 6.07) is 10.9. The number of nitrogens with zero attached hydrogens (tertiary/aromatic N) is 3. The van der Waals surface area contributed by atoms with E-state index in [2.05, 4.69) is 11.1 Å². The molecule has 0 bridgehead atoms. The number of hydrogen-bond donors (Lipinski definition) is 1. The highest BCUT2D eigenvalue weighted by Gasteiger charge is 2.76. The van der Waals surface area contributed by atoms with E-state index in [1.54, 1.807) is 65.0 Å². The van der Waals surface area contributed by atoms with Crippen molar-refractivity contribution >= 4 is 93.2 Å². The van der Waals surface area contributed by atoms with Crippen LogP contribution in [0.25, 0.3) is 5.70 Å². The maximum absolute atomic E-state index is 13.6. The van der Waals surface area contributed by atoms with Crippen molar-refractivity contribution in [3.8, 4) is 6.07 Å². The predicted octanol–water partition coefficient (Wildman–Crippen LogP) is 9.93. The number of hydrogen-bond acceptors (Lipinski definition) is 10. The van der Waals surface area contributed by atoms with Gasteiger partial charge in [-0.15, -0.1) is 46.7 Å². The lowest BCUT2D eigenvalue weighted by molar-refractivity contribution is -0.177. The number of aromatic nitrogens is 2. The summed E-state index contributed by atoms with van der Waals surface area (Å²) in [5.74, 6) is -1.25. The molecule has 1 N–H and O–H groups in total. The van der Waals surface area contributed by atoms with Crippen molar-refractivity contribution in [2.45, 2.75) is 68.3 Å². The number of imidazole rings is 1. The quantitative estimate of drug-likeness (QED) is 0.145. The second-order valence-corrected chi connectivity index (χ2v) is 19.6. The highest BCUT2D eigenvalue weighted by Crippen LogP contribution is 2.72. The lowest BCUT2D eigenvalue weighted by Gasteiger charge is -2.64. The predicted molar refractivity (Wildman–Crippen MR) is 221 cm³/mol. The summed E-state index contributed by atoms with van der Waals surface area (Å²) in [7, 11) is 0. The van der Waals surface area contributed by atoms with Gasteiger partial charge in [-0.1, -0.05) is 61.7 Å². The van der Waals surface area contributed by atoms with Crippen molar-refractivity contribution in [3.63, 3.8) is 0 Å². The Labute approximate surface area is 353 Å². The largest absolute Gasteiger partial charge is 0.457 e. The van der Waals surface area contributed by atoms with Crippen molar-refractivity contribution in [1.29, 1.82) is 5.26 Å². The van der Waals surface area contributed by atoms with Gasteiger partial charge in [0.15, 0.2) is 17.2 Å². The van der Waals surface area contributed by atoms with Gasteiger partial charge in [-0.25, -0.2) is 9.78 Å². The van der Waals surface area contributed by atoms with E-state index in [9.17, 15) is 24.8 Å². The Morgan fingerprint density at radius 1 is 1.21 bits per heavy atom. The molecule has 294 valence electrons. The van der Waals surface area contributed by atoms with Crippen LogP contribution in [0.1, 0.15) is 67.8 Å². The number of esters is 1. The number of ketones is 2. The number of halogens is 4. The van der Waals surface area contributed by atoms with E-state index in [0.717, 1.165) is 21.1 Å². The molecule has 1 saturated heterocycles. The summed E-state index contributed by atoms with van der Waals surface area (Å²) >= 11 is 29.1. The lowest BCUT2D eigenvalue weighted by Crippen LogP contribution is -2.69. The van der Waals surface area contributed by atoms with E-state index in [4.69, 9.17) is 55.6 Å². The molecule has 0 spiro atoms. The van der Waals surface area contributed by atoms with Crippen LogP contribution in [0.4, 0.5) is 0 Å². The molecule has 8 rings (SSSR count). The molecule has 3 saturated carbocycles. The van der Waals surface area contributed by atoms with Gasteiger partial charge in [0.1, 0.15) is 11.8 Å². The number of furan rings is 1. The molecule has 5 aliphatic rings. The number of Topliss-reactive ketones (excluding diaryl/α,β-unsaturated/α-hetero) is 1. The van der Waals surface area contributed by atoms with Gasteiger partial charge in [-0.2, -0.15) is 5.26 Å². The van der Waals surface area contributed by atoms with E-state index in [1.807, 2.05) is 39.0 Å². The Morgan fingerprint density at radius 3 is 2.66 bits per heavy atom. The SMILES string of the molecule is C[C@@H]1C[C@H]2[C@@H]3CCC4=CC(=O)C=C[C@]4(C)[C@@]3(Cl)[C@@H](O)C[C@]2(C)[C@@]1(OC(=O)c1ccco1)C(=O)CCl.N#C/C(=C1/SC[C@@H](c2ccc(Cl)cc2Cl)S1)n1ccnc1. The van der Waals surface area contributed by atoms with Crippen LogP contribution in [0, 0.1) is 39.9 Å². The summed E-state index contributed by atoms with van der Waals surface area (Å²) in [5.41, 5.74) is -0.543. The molecule has 1 aromatic carbocycles. The first-order chi connectivity index (χ1) is 26.6. The summed E-state index contributed by atoms with van der Waals surface area (Å²) in [5, 5.41) is 22.7. The topological polar surface area (TPSA) is 135 Å². The molecule has 3 heterocycles. The number of allylic oxidation sites excluding steroid dienone is 5. The monoisotopic (exact) mass is 873 g/mol. The molecule has 0 radical (unpaired) electrons. The first kappa shape index (κ1) is 41.2. The Hall–Kier alpha value is -2.95. The molecule has 9 atom stereocenters. The third-order valence-electron chi connectivity index (χ3n) is 12.7. The van der Waals surface area contributed by atoms with Crippen LogP contribution in [0.2, 0.25) is 10.0 Å². The number of alkyl halides is 2. The molecule has 2 aromatic heterocycles. The Kier molecular flexibility index (Phi) is 11.5. The zero-order chi connectivity index (χ0) is 40.2. The number of rotatable bonds is 6. The van der Waals surface area contributed by atoms with Gasteiger partial charge >= 0.3 is 5.97 Å². The number of ether oxygens (including phenoxy) is 1. The molecular formula is C41H39Cl4N3O6S2. The first-order valence-corrected chi connectivity index (χ1v) is 21.7. The number of thioether (sulfide) groups is 2. The zero-order valence-electron chi connectivity index (χ0n) is 30.7. The molecule has 0 amide bonds. The fraction of sp³-hybridized carbons (Fsp3) is 0.439. The molecule has 56 heavy (non-hydrogen) atoms. The highest BCUT2D eigenvalue weighted by molar-refractivity contribution is 8.25. The molecule has 15 heteroatoms. The lowest BCUT2D eigenvalue weighted by atomic mass is 9.45. The van der Waals surface area contributed by atoms with Crippen LogP contribution in [0.3, 0.4) is 0 Å². The third-order valence-corrected chi connectivity index (χ3v) is 17.3. The van der Waals surface area contributed by atoms with Crippen molar-refractivity contribution in [2.24, 2.45) is 28.6 Å². The van der Waals surface area contributed by atoms with Crippen molar-refractivity contribution in [3.05, 3.63) is 105 Å². The van der Waals surface area contributed by atoms with E-state index in [1.165, 1.54) is 18.4 Å². The molecule has 3 aromatic rings. The van der Waals surface area contributed by atoms with Crippen molar-refractivity contribution in [1.82, 2.24) is 9.55 Å². The van der Waals surface area contributed by atoms with Crippen LogP contribution in [-0.4, -0.2) is 60.4 Å². The van der Waals surface area contributed by atoms with E-state index in [-0.39, 0.29) is 52.6 Å². The second kappa shape index (κ2) is 15.7. The summed E-state index contributed by atoms with van der Waals surface area (Å²) in [6.07, 6.45) is 12.5. The fourth-order valence-corrected chi connectivity index (χ4v) is 14.3. The van der Waals surface area contributed by atoms with E-state index in [0.29, 0.717) is 35.0 Å². The fourth-order valence-electron chi connectivity index (χ4n) is 10.1.